The fraction of sp³-hybridized carbons (Fsp3) is 0.688. The fourth-order valence-electron chi connectivity index (χ4n) is 2.93. The van der Waals surface area contributed by atoms with E-state index in [9.17, 15) is 8.42 Å². The molecular weight excluding hydrogens is 397 g/mol. The molecule has 0 bridgehead atoms. The molecule has 1 aliphatic rings. The first kappa shape index (κ1) is 21.3. The number of hydrogen-bond acceptors (Lipinski definition) is 3. The van der Waals surface area contributed by atoms with Crippen molar-refractivity contribution < 1.29 is 8.42 Å². The van der Waals surface area contributed by atoms with Crippen LogP contribution >= 0.6 is 23.2 Å². The maximum atomic E-state index is 11.6. The van der Waals surface area contributed by atoms with Crippen LogP contribution in [-0.2, 0) is 23.6 Å². The largest absolute Gasteiger partial charge is 0.357 e. The second kappa shape index (κ2) is 9.30. The highest BCUT2D eigenvalue weighted by Gasteiger charge is 2.24. The summed E-state index contributed by atoms with van der Waals surface area (Å²) in [4.78, 5) is 4.59. The average molecular weight is 424 g/mol. The van der Waals surface area contributed by atoms with Gasteiger partial charge in [-0.05, 0) is 31.7 Å². The summed E-state index contributed by atoms with van der Waals surface area (Å²) >= 11 is 12.1. The number of aromatic nitrogens is 1. The van der Waals surface area contributed by atoms with Crippen molar-refractivity contribution in [3.63, 3.8) is 0 Å². The van der Waals surface area contributed by atoms with Gasteiger partial charge in [-0.1, -0.05) is 23.2 Å². The molecule has 10 heteroatoms. The fourth-order valence-corrected chi connectivity index (χ4v) is 4.22. The van der Waals surface area contributed by atoms with Crippen LogP contribution in [-0.4, -0.2) is 55.7 Å². The van der Waals surface area contributed by atoms with E-state index in [1.807, 2.05) is 24.6 Å². The third-order valence-electron chi connectivity index (χ3n) is 4.56. The van der Waals surface area contributed by atoms with E-state index in [4.69, 9.17) is 23.2 Å². The van der Waals surface area contributed by atoms with Crippen molar-refractivity contribution in [3.8, 4) is 0 Å². The number of halogens is 2. The summed E-state index contributed by atoms with van der Waals surface area (Å²) in [6.07, 6.45) is 2.97. The van der Waals surface area contributed by atoms with Crippen molar-refractivity contribution in [2.75, 3.05) is 32.4 Å². The van der Waals surface area contributed by atoms with E-state index in [2.05, 4.69) is 15.6 Å². The normalized spacial score (nSPS) is 17.5. The summed E-state index contributed by atoms with van der Waals surface area (Å²) in [6, 6.07) is 1.82. The Morgan fingerprint density at radius 1 is 1.31 bits per heavy atom. The Hall–Kier alpha value is -0.960. The molecule has 0 aliphatic carbocycles. The molecule has 0 aromatic carbocycles. The minimum atomic E-state index is -3.08. The van der Waals surface area contributed by atoms with Crippen LogP contribution in [0.5, 0.6) is 0 Å². The van der Waals surface area contributed by atoms with Crippen LogP contribution in [0, 0.1) is 5.92 Å². The lowest BCUT2D eigenvalue weighted by Gasteiger charge is -2.30. The van der Waals surface area contributed by atoms with E-state index in [-0.39, 0.29) is 0 Å². The number of nitrogens with one attached hydrogen (secondary N) is 2. The topological polar surface area (TPSA) is 78.7 Å². The second-order valence-electron chi connectivity index (χ2n) is 6.51. The van der Waals surface area contributed by atoms with Gasteiger partial charge in [0, 0.05) is 38.9 Å². The molecule has 0 saturated carbocycles. The monoisotopic (exact) mass is 423 g/mol. The third-order valence-corrected chi connectivity index (χ3v) is 6.70. The molecule has 0 atom stereocenters. The lowest BCUT2D eigenvalue weighted by molar-refractivity contribution is 0.275. The van der Waals surface area contributed by atoms with Crippen LogP contribution in [0.15, 0.2) is 11.1 Å². The van der Waals surface area contributed by atoms with Crippen LogP contribution in [0.4, 0.5) is 0 Å². The van der Waals surface area contributed by atoms with Crippen LogP contribution in [0.1, 0.15) is 25.5 Å². The van der Waals surface area contributed by atoms with Gasteiger partial charge in [0.15, 0.2) is 5.96 Å². The molecular formula is C16H27Cl2N5O2S. The Balaban J connectivity index is 1.89. The van der Waals surface area contributed by atoms with Crippen LogP contribution in [0.3, 0.4) is 0 Å². The van der Waals surface area contributed by atoms with Gasteiger partial charge >= 0.3 is 0 Å². The molecule has 1 saturated heterocycles. The molecule has 0 spiro atoms. The smallest absolute Gasteiger partial charge is 0.211 e. The van der Waals surface area contributed by atoms with Gasteiger partial charge in [0.05, 0.1) is 17.8 Å². The Morgan fingerprint density at radius 2 is 1.96 bits per heavy atom. The summed E-state index contributed by atoms with van der Waals surface area (Å²) in [7, 11) is -1.22. The lowest BCUT2D eigenvalue weighted by atomic mass is 9.98. The van der Waals surface area contributed by atoms with Gasteiger partial charge in [0.1, 0.15) is 5.15 Å². The van der Waals surface area contributed by atoms with E-state index < -0.39 is 10.0 Å². The molecule has 1 aromatic rings. The van der Waals surface area contributed by atoms with Crippen LogP contribution < -0.4 is 10.6 Å². The molecule has 1 aliphatic heterocycles. The molecule has 2 N–H and O–H groups in total. The maximum absolute atomic E-state index is 11.6. The van der Waals surface area contributed by atoms with Gasteiger partial charge in [0.2, 0.25) is 10.0 Å². The highest BCUT2D eigenvalue weighted by molar-refractivity contribution is 7.88. The number of hydrogen-bond donors (Lipinski definition) is 2. The number of guanidine groups is 1. The second-order valence-corrected chi connectivity index (χ2v) is 9.26. The molecule has 2 heterocycles. The summed E-state index contributed by atoms with van der Waals surface area (Å²) < 4.78 is 26.5. The number of piperidine rings is 1. The van der Waals surface area contributed by atoms with Crippen molar-refractivity contribution in [1.82, 2.24) is 19.5 Å². The minimum absolute atomic E-state index is 0.427. The zero-order chi connectivity index (χ0) is 19.3. The van der Waals surface area contributed by atoms with E-state index in [0.717, 1.165) is 37.6 Å². The van der Waals surface area contributed by atoms with Crippen molar-refractivity contribution in [2.45, 2.75) is 26.3 Å². The quantitative estimate of drug-likeness (QED) is 0.541. The molecule has 7 nitrogen and oxygen atoms in total. The summed E-state index contributed by atoms with van der Waals surface area (Å²) in [5.41, 5.74) is 0.929. The first-order chi connectivity index (χ1) is 12.2. The Bertz CT molecular complexity index is 740. The van der Waals surface area contributed by atoms with Gasteiger partial charge in [-0.15, -0.1) is 0 Å². The molecule has 0 unspecified atom stereocenters. The molecule has 0 amide bonds. The Labute approximate surface area is 165 Å². The Kier molecular flexibility index (Phi) is 7.63. The number of nitrogens with zero attached hydrogens (tertiary/aromatic N) is 3. The molecule has 1 fully saturated rings. The molecule has 2 rings (SSSR count). The lowest BCUT2D eigenvalue weighted by Crippen LogP contribution is -2.44. The molecule has 26 heavy (non-hydrogen) atoms. The van der Waals surface area contributed by atoms with Crippen molar-refractivity contribution in [2.24, 2.45) is 18.0 Å². The van der Waals surface area contributed by atoms with E-state index in [0.29, 0.717) is 35.7 Å². The first-order valence-corrected chi connectivity index (χ1v) is 11.3. The van der Waals surface area contributed by atoms with Crippen LogP contribution in [0.25, 0.3) is 0 Å². The van der Waals surface area contributed by atoms with Gasteiger partial charge < -0.3 is 15.2 Å². The van der Waals surface area contributed by atoms with Gasteiger partial charge in [0.25, 0.3) is 0 Å². The van der Waals surface area contributed by atoms with Crippen molar-refractivity contribution >= 4 is 39.2 Å². The number of sulfonamides is 1. The third kappa shape index (κ3) is 5.77. The number of rotatable bonds is 6. The summed E-state index contributed by atoms with van der Waals surface area (Å²) in [5, 5.41) is 7.60. The predicted molar refractivity (Wildman–Crippen MR) is 107 cm³/mol. The molecule has 0 radical (unpaired) electrons. The predicted octanol–water partition coefficient (Wildman–Crippen LogP) is 2.06. The van der Waals surface area contributed by atoms with Gasteiger partial charge in [-0.3, -0.25) is 0 Å². The zero-order valence-corrected chi connectivity index (χ0v) is 17.8. The van der Waals surface area contributed by atoms with E-state index in [1.54, 1.807) is 4.31 Å². The Morgan fingerprint density at radius 3 is 2.46 bits per heavy atom. The first-order valence-electron chi connectivity index (χ1n) is 8.69. The van der Waals surface area contributed by atoms with E-state index >= 15 is 0 Å². The van der Waals surface area contributed by atoms with Gasteiger partial charge in [-0.2, -0.15) is 0 Å². The van der Waals surface area contributed by atoms with Gasteiger partial charge in [-0.25, -0.2) is 17.7 Å². The highest BCUT2D eigenvalue weighted by atomic mass is 35.5. The minimum Gasteiger partial charge on any atom is -0.357 e. The van der Waals surface area contributed by atoms with Crippen LogP contribution in [0.2, 0.25) is 10.2 Å². The van der Waals surface area contributed by atoms with Crippen molar-refractivity contribution in [3.05, 3.63) is 21.9 Å². The maximum Gasteiger partial charge on any atom is 0.211 e. The SMILES string of the molecule is CCNC(=NCc1cc(Cl)c(Cl)n1C)NCC1CCN(S(C)(=O)=O)CC1. The standard InChI is InChI=1S/C16H27Cl2N5O2S/c1-4-19-16(21-11-13-9-14(17)15(18)22(13)2)20-10-12-5-7-23(8-6-12)26(3,24)25/h9,12H,4-8,10-11H2,1-3H3,(H2,19,20,21). The highest BCUT2D eigenvalue weighted by Crippen LogP contribution is 2.25. The zero-order valence-electron chi connectivity index (χ0n) is 15.4. The van der Waals surface area contributed by atoms with E-state index in [1.165, 1.54) is 6.26 Å². The summed E-state index contributed by atoms with van der Waals surface area (Å²) in [6.45, 7) is 5.16. The summed E-state index contributed by atoms with van der Waals surface area (Å²) in [5.74, 6) is 1.15. The van der Waals surface area contributed by atoms with Crippen molar-refractivity contribution in [1.29, 1.82) is 0 Å². The molecule has 148 valence electrons. The molecule has 1 aromatic heterocycles. The average Bonchev–Trinajstić information content (AvgIpc) is 2.84. The number of aliphatic imine (C=N–C) groups is 1.